The second kappa shape index (κ2) is 10.9. The summed E-state index contributed by atoms with van der Waals surface area (Å²) in [6.45, 7) is 5.16. The van der Waals surface area contributed by atoms with Gasteiger partial charge < -0.3 is 10.1 Å². The Hall–Kier alpha value is -0.730. The Bertz CT molecular complexity index is 395. The minimum atomic E-state index is 0.243. The van der Waals surface area contributed by atoms with E-state index in [2.05, 4.69) is 19.2 Å². The van der Waals surface area contributed by atoms with Crippen LogP contribution in [0, 0.1) is 0 Å². The highest BCUT2D eigenvalue weighted by Gasteiger charge is 2.10. The molecule has 0 saturated carbocycles. The number of halogens is 1. The lowest BCUT2D eigenvalue weighted by Gasteiger charge is -2.17. The van der Waals surface area contributed by atoms with Crippen molar-refractivity contribution in [3.05, 3.63) is 28.8 Å². The zero-order valence-electron chi connectivity index (χ0n) is 13.8. The van der Waals surface area contributed by atoms with E-state index in [-0.39, 0.29) is 6.04 Å². The maximum atomic E-state index is 6.08. The molecule has 0 heterocycles. The smallest absolute Gasteiger partial charge is 0.124 e. The standard InChI is InChI=1S/C18H30ClNO/c1-4-5-6-7-8-9-10-13-21-18-12-11-16(19)14-17(18)15(2)20-3/h11-12,14-15,20H,4-10,13H2,1-3H3. The predicted octanol–water partition coefficient (Wildman–Crippen LogP) is 5.75. The van der Waals surface area contributed by atoms with Gasteiger partial charge in [0.1, 0.15) is 5.75 Å². The summed E-state index contributed by atoms with van der Waals surface area (Å²) in [7, 11) is 1.95. The predicted molar refractivity (Wildman–Crippen MR) is 92.4 cm³/mol. The summed E-state index contributed by atoms with van der Waals surface area (Å²) in [5.41, 5.74) is 1.13. The maximum absolute atomic E-state index is 6.08. The number of unbranched alkanes of at least 4 members (excludes halogenated alkanes) is 6. The molecule has 1 atom stereocenters. The first-order valence-corrected chi connectivity index (χ1v) is 8.66. The molecule has 0 aliphatic carbocycles. The topological polar surface area (TPSA) is 21.3 Å². The summed E-state index contributed by atoms with van der Waals surface area (Å²) < 4.78 is 5.94. The molecule has 1 rings (SSSR count). The first kappa shape index (κ1) is 18.3. The summed E-state index contributed by atoms with van der Waals surface area (Å²) in [6, 6.07) is 6.11. The molecule has 1 N–H and O–H groups in total. The Morgan fingerprint density at radius 1 is 1.10 bits per heavy atom. The molecule has 0 spiro atoms. The molecular weight excluding hydrogens is 282 g/mol. The van der Waals surface area contributed by atoms with Crippen LogP contribution in [0.2, 0.25) is 5.02 Å². The van der Waals surface area contributed by atoms with Crippen LogP contribution in [-0.2, 0) is 0 Å². The highest BCUT2D eigenvalue weighted by atomic mass is 35.5. The van der Waals surface area contributed by atoms with Gasteiger partial charge >= 0.3 is 0 Å². The molecule has 0 aliphatic rings. The van der Waals surface area contributed by atoms with Gasteiger partial charge in [0, 0.05) is 16.6 Å². The molecule has 2 nitrogen and oxygen atoms in total. The number of ether oxygens (including phenoxy) is 1. The summed E-state index contributed by atoms with van der Waals surface area (Å²) in [6.07, 6.45) is 9.12. The van der Waals surface area contributed by atoms with Crippen molar-refractivity contribution in [3.63, 3.8) is 0 Å². The van der Waals surface area contributed by atoms with Crippen molar-refractivity contribution in [1.82, 2.24) is 5.32 Å². The SMILES string of the molecule is CCCCCCCCCOc1ccc(Cl)cc1C(C)NC. The lowest BCUT2D eigenvalue weighted by molar-refractivity contribution is 0.299. The lowest BCUT2D eigenvalue weighted by Crippen LogP contribution is -2.14. The van der Waals surface area contributed by atoms with Crippen molar-refractivity contribution in [2.75, 3.05) is 13.7 Å². The van der Waals surface area contributed by atoms with Gasteiger partial charge in [0.25, 0.3) is 0 Å². The van der Waals surface area contributed by atoms with Crippen LogP contribution in [0.3, 0.4) is 0 Å². The van der Waals surface area contributed by atoms with E-state index < -0.39 is 0 Å². The fraction of sp³-hybridized carbons (Fsp3) is 0.667. The van der Waals surface area contributed by atoms with Gasteiger partial charge in [0.15, 0.2) is 0 Å². The third kappa shape index (κ3) is 7.19. The quantitative estimate of drug-likeness (QED) is 0.525. The second-order valence-electron chi connectivity index (χ2n) is 5.66. The van der Waals surface area contributed by atoms with E-state index in [0.29, 0.717) is 0 Å². The molecule has 21 heavy (non-hydrogen) atoms. The Morgan fingerprint density at radius 2 is 1.76 bits per heavy atom. The van der Waals surface area contributed by atoms with Crippen molar-refractivity contribution in [2.45, 2.75) is 64.8 Å². The van der Waals surface area contributed by atoms with Crippen LogP contribution in [0.25, 0.3) is 0 Å². The highest BCUT2D eigenvalue weighted by molar-refractivity contribution is 6.30. The van der Waals surface area contributed by atoms with Crippen LogP contribution >= 0.6 is 11.6 Å². The van der Waals surface area contributed by atoms with E-state index >= 15 is 0 Å². The van der Waals surface area contributed by atoms with Crippen LogP contribution in [-0.4, -0.2) is 13.7 Å². The third-order valence-electron chi connectivity index (χ3n) is 3.88. The highest BCUT2D eigenvalue weighted by Crippen LogP contribution is 2.28. The maximum Gasteiger partial charge on any atom is 0.124 e. The molecule has 0 radical (unpaired) electrons. The van der Waals surface area contributed by atoms with E-state index in [9.17, 15) is 0 Å². The molecule has 0 bridgehead atoms. The Labute approximate surface area is 135 Å². The van der Waals surface area contributed by atoms with Crippen LogP contribution in [0.4, 0.5) is 0 Å². The summed E-state index contributed by atoms with van der Waals surface area (Å²) >= 11 is 6.08. The van der Waals surface area contributed by atoms with Gasteiger partial charge in [-0.3, -0.25) is 0 Å². The third-order valence-corrected chi connectivity index (χ3v) is 4.11. The average Bonchev–Trinajstić information content (AvgIpc) is 2.50. The number of benzene rings is 1. The van der Waals surface area contributed by atoms with Gasteiger partial charge in [0.05, 0.1) is 6.61 Å². The van der Waals surface area contributed by atoms with Crippen molar-refractivity contribution in [2.24, 2.45) is 0 Å². The molecule has 0 fully saturated rings. The minimum Gasteiger partial charge on any atom is -0.493 e. The zero-order valence-corrected chi connectivity index (χ0v) is 14.5. The molecule has 1 unspecified atom stereocenters. The van der Waals surface area contributed by atoms with E-state index in [0.717, 1.165) is 29.4 Å². The molecule has 1 aromatic carbocycles. The molecular formula is C18H30ClNO. The van der Waals surface area contributed by atoms with Crippen molar-refractivity contribution in [1.29, 1.82) is 0 Å². The van der Waals surface area contributed by atoms with Gasteiger partial charge in [-0.25, -0.2) is 0 Å². The van der Waals surface area contributed by atoms with Crippen LogP contribution in [0.15, 0.2) is 18.2 Å². The minimum absolute atomic E-state index is 0.243. The van der Waals surface area contributed by atoms with Gasteiger partial charge in [-0.1, -0.05) is 57.0 Å². The largest absolute Gasteiger partial charge is 0.493 e. The number of hydrogen-bond donors (Lipinski definition) is 1. The molecule has 120 valence electrons. The van der Waals surface area contributed by atoms with E-state index in [1.807, 2.05) is 25.2 Å². The number of nitrogens with one attached hydrogen (secondary N) is 1. The second-order valence-corrected chi connectivity index (χ2v) is 6.10. The Kier molecular flexibility index (Phi) is 9.53. The summed E-state index contributed by atoms with van der Waals surface area (Å²) in [4.78, 5) is 0. The van der Waals surface area contributed by atoms with Crippen LogP contribution < -0.4 is 10.1 Å². The zero-order chi connectivity index (χ0) is 15.5. The normalized spacial score (nSPS) is 12.4. The monoisotopic (exact) mass is 311 g/mol. The first-order chi connectivity index (χ1) is 10.2. The average molecular weight is 312 g/mol. The van der Waals surface area contributed by atoms with E-state index in [1.54, 1.807) is 0 Å². The van der Waals surface area contributed by atoms with E-state index in [4.69, 9.17) is 16.3 Å². The van der Waals surface area contributed by atoms with Gasteiger partial charge in [0.2, 0.25) is 0 Å². The number of hydrogen-bond acceptors (Lipinski definition) is 2. The van der Waals surface area contributed by atoms with Gasteiger partial charge in [-0.15, -0.1) is 0 Å². The summed E-state index contributed by atoms with van der Waals surface area (Å²) in [5, 5.41) is 4.00. The molecule has 0 amide bonds. The van der Waals surface area contributed by atoms with Crippen LogP contribution in [0.1, 0.15) is 70.4 Å². The molecule has 0 aromatic heterocycles. The van der Waals surface area contributed by atoms with Crippen molar-refractivity contribution >= 4 is 11.6 Å². The molecule has 0 saturated heterocycles. The molecule has 3 heteroatoms. The number of rotatable bonds is 11. The Balaban J connectivity index is 2.31. The van der Waals surface area contributed by atoms with Crippen LogP contribution in [0.5, 0.6) is 5.75 Å². The molecule has 0 aliphatic heterocycles. The summed E-state index contributed by atoms with van der Waals surface area (Å²) in [5.74, 6) is 0.951. The fourth-order valence-electron chi connectivity index (χ4n) is 2.39. The van der Waals surface area contributed by atoms with Crippen molar-refractivity contribution < 1.29 is 4.74 Å². The fourth-order valence-corrected chi connectivity index (χ4v) is 2.57. The van der Waals surface area contributed by atoms with Gasteiger partial charge in [-0.05, 0) is 38.6 Å². The Morgan fingerprint density at radius 3 is 2.43 bits per heavy atom. The lowest BCUT2D eigenvalue weighted by atomic mass is 10.1. The molecule has 1 aromatic rings. The van der Waals surface area contributed by atoms with Gasteiger partial charge in [-0.2, -0.15) is 0 Å². The van der Waals surface area contributed by atoms with Crippen molar-refractivity contribution in [3.8, 4) is 5.75 Å². The first-order valence-electron chi connectivity index (χ1n) is 8.28. The van der Waals surface area contributed by atoms with E-state index in [1.165, 1.54) is 38.5 Å².